The van der Waals surface area contributed by atoms with Gasteiger partial charge in [0.25, 0.3) is 0 Å². The molecule has 1 saturated heterocycles. The lowest BCUT2D eigenvalue weighted by Gasteiger charge is -2.46. The van der Waals surface area contributed by atoms with Crippen molar-refractivity contribution in [1.29, 1.82) is 0 Å². The molecule has 1 heterocycles. The van der Waals surface area contributed by atoms with Crippen molar-refractivity contribution in [3.05, 3.63) is 35.9 Å². The summed E-state index contributed by atoms with van der Waals surface area (Å²) in [5.74, 6) is 0.705. The van der Waals surface area contributed by atoms with E-state index in [4.69, 9.17) is 0 Å². The van der Waals surface area contributed by atoms with Crippen LogP contribution in [0.2, 0.25) is 0 Å². The van der Waals surface area contributed by atoms with Crippen molar-refractivity contribution in [2.24, 2.45) is 11.3 Å². The molecule has 1 aliphatic heterocycles. The SMILES string of the molecule is CCC1CCC2(CCC(C)(C)C1)NC(=O)CN(Cc1ccccc1)C2=O. The summed E-state index contributed by atoms with van der Waals surface area (Å²) in [6.45, 7) is 7.50. The van der Waals surface area contributed by atoms with E-state index in [1.807, 2.05) is 30.3 Å². The summed E-state index contributed by atoms with van der Waals surface area (Å²) < 4.78 is 0. The van der Waals surface area contributed by atoms with Crippen LogP contribution in [0.25, 0.3) is 0 Å². The summed E-state index contributed by atoms with van der Waals surface area (Å²) in [6, 6.07) is 9.95. The Kier molecular flexibility index (Phi) is 5.40. The minimum Gasteiger partial charge on any atom is -0.340 e. The molecule has 0 bridgehead atoms. The third kappa shape index (κ3) is 4.11. The number of nitrogens with zero attached hydrogens (tertiary/aromatic N) is 1. The molecule has 2 fully saturated rings. The lowest BCUT2D eigenvalue weighted by Crippen LogP contribution is -2.66. The van der Waals surface area contributed by atoms with Crippen LogP contribution in [0.4, 0.5) is 0 Å². The summed E-state index contributed by atoms with van der Waals surface area (Å²) in [6.07, 6.45) is 5.81. The van der Waals surface area contributed by atoms with E-state index in [1.165, 1.54) is 6.42 Å². The Morgan fingerprint density at radius 2 is 1.85 bits per heavy atom. The minimum absolute atomic E-state index is 0.0213. The molecule has 1 aromatic rings. The predicted octanol–water partition coefficient (Wildman–Crippen LogP) is 3.90. The second-order valence-electron chi connectivity index (χ2n) is 8.96. The highest BCUT2D eigenvalue weighted by Gasteiger charge is 2.48. The molecule has 0 aromatic heterocycles. The highest BCUT2D eigenvalue weighted by molar-refractivity contribution is 5.98. The highest BCUT2D eigenvalue weighted by atomic mass is 16.2. The molecule has 2 atom stereocenters. The van der Waals surface area contributed by atoms with Gasteiger partial charge < -0.3 is 10.2 Å². The number of piperazine rings is 1. The molecule has 1 saturated carbocycles. The standard InChI is InChI=1S/C22H32N2O2/c1-4-17-10-11-22(13-12-21(2,3)14-17)20(26)24(16-19(25)23-22)15-18-8-6-5-7-9-18/h5-9,17H,4,10-16H2,1-3H3,(H,23,25). The van der Waals surface area contributed by atoms with Crippen LogP contribution in [-0.2, 0) is 16.1 Å². The third-order valence-electron chi connectivity index (χ3n) is 6.25. The second kappa shape index (κ2) is 7.42. The van der Waals surface area contributed by atoms with Gasteiger partial charge in [-0.05, 0) is 49.0 Å². The van der Waals surface area contributed by atoms with Crippen molar-refractivity contribution in [2.75, 3.05) is 6.54 Å². The maximum atomic E-state index is 13.4. The zero-order valence-corrected chi connectivity index (χ0v) is 16.4. The van der Waals surface area contributed by atoms with Crippen molar-refractivity contribution >= 4 is 11.8 Å². The first kappa shape index (κ1) is 18.9. The zero-order chi connectivity index (χ0) is 18.8. The van der Waals surface area contributed by atoms with E-state index < -0.39 is 5.54 Å². The number of hydrogen-bond donors (Lipinski definition) is 1. The molecule has 4 nitrogen and oxygen atoms in total. The number of nitrogens with one attached hydrogen (secondary N) is 1. The molecule has 26 heavy (non-hydrogen) atoms. The number of benzene rings is 1. The van der Waals surface area contributed by atoms with Crippen LogP contribution < -0.4 is 5.32 Å². The van der Waals surface area contributed by atoms with E-state index in [0.29, 0.717) is 12.5 Å². The van der Waals surface area contributed by atoms with Crippen molar-refractivity contribution < 1.29 is 9.59 Å². The van der Waals surface area contributed by atoms with Gasteiger partial charge in [0.2, 0.25) is 11.8 Å². The molecule has 2 amide bonds. The number of rotatable bonds is 3. The number of carbonyl (C=O) groups excluding carboxylic acids is 2. The number of hydrogen-bond acceptors (Lipinski definition) is 2. The summed E-state index contributed by atoms with van der Waals surface area (Å²) in [5, 5.41) is 3.12. The first-order chi connectivity index (χ1) is 12.3. The van der Waals surface area contributed by atoms with E-state index >= 15 is 0 Å². The van der Waals surface area contributed by atoms with Gasteiger partial charge >= 0.3 is 0 Å². The molecule has 0 radical (unpaired) electrons. The number of carbonyl (C=O) groups is 2. The number of amides is 2. The Labute approximate surface area is 157 Å². The molecule has 2 unspecified atom stereocenters. The maximum absolute atomic E-state index is 13.4. The molecule has 3 rings (SSSR count). The molecule has 142 valence electrons. The summed E-state index contributed by atoms with van der Waals surface area (Å²) in [4.78, 5) is 27.7. The van der Waals surface area contributed by atoms with Crippen LogP contribution in [-0.4, -0.2) is 28.8 Å². The first-order valence-electron chi connectivity index (χ1n) is 9.98. The van der Waals surface area contributed by atoms with Gasteiger partial charge in [0, 0.05) is 6.54 Å². The Balaban J connectivity index is 1.84. The fourth-order valence-corrected chi connectivity index (χ4v) is 4.64. The van der Waals surface area contributed by atoms with E-state index in [2.05, 4.69) is 26.1 Å². The fraction of sp³-hybridized carbons (Fsp3) is 0.636. The van der Waals surface area contributed by atoms with Gasteiger partial charge in [-0.1, -0.05) is 57.5 Å². The van der Waals surface area contributed by atoms with Gasteiger partial charge in [0.05, 0.1) is 6.54 Å². The zero-order valence-electron chi connectivity index (χ0n) is 16.4. The largest absolute Gasteiger partial charge is 0.340 e. The summed E-state index contributed by atoms with van der Waals surface area (Å²) in [7, 11) is 0. The maximum Gasteiger partial charge on any atom is 0.249 e. The Morgan fingerprint density at radius 1 is 1.12 bits per heavy atom. The topological polar surface area (TPSA) is 49.4 Å². The first-order valence-corrected chi connectivity index (χ1v) is 9.98. The van der Waals surface area contributed by atoms with Gasteiger partial charge in [-0.25, -0.2) is 0 Å². The molecular weight excluding hydrogens is 324 g/mol. The van der Waals surface area contributed by atoms with Gasteiger partial charge in [-0.3, -0.25) is 9.59 Å². The van der Waals surface area contributed by atoms with Gasteiger partial charge in [0.15, 0.2) is 0 Å². The van der Waals surface area contributed by atoms with Gasteiger partial charge in [0.1, 0.15) is 5.54 Å². The van der Waals surface area contributed by atoms with Crippen LogP contribution in [0.15, 0.2) is 30.3 Å². The summed E-state index contributed by atoms with van der Waals surface area (Å²) >= 11 is 0. The Bertz CT molecular complexity index is 655. The smallest absolute Gasteiger partial charge is 0.249 e. The lowest BCUT2D eigenvalue weighted by atomic mass is 9.69. The molecule has 4 heteroatoms. The quantitative estimate of drug-likeness (QED) is 0.893. The average Bonchev–Trinajstić information content (AvgIpc) is 2.60. The van der Waals surface area contributed by atoms with Crippen LogP contribution in [0.3, 0.4) is 0 Å². The van der Waals surface area contributed by atoms with Crippen molar-refractivity contribution in [2.45, 2.75) is 71.4 Å². The third-order valence-corrected chi connectivity index (χ3v) is 6.25. The van der Waals surface area contributed by atoms with E-state index in [1.54, 1.807) is 4.90 Å². The predicted molar refractivity (Wildman–Crippen MR) is 103 cm³/mol. The molecule has 2 aliphatic rings. The highest BCUT2D eigenvalue weighted by Crippen LogP contribution is 2.41. The fourth-order valence-electron chi connectivity index (χ4n) is 4.64. The Hall–Kier alpha value is -1.84. The van der Waals surface area contributed by atoms with E-state index in [-0.39, 0.29) is 23.8 Å². The average molecular weight is 357 g/mol. The van der Waals surface area contributed by atoms with Crippen molar-refractivity contribution in [3.8, 4) is 0 Å². The summed E-state index contributed by atoms with van der Waals surface area (Å²) in [5.41, 5.74) is 0.569. The molecule has 1 N–H and O–H groups in total. The van der Waals surface area contributed by atoms with Gasteiger partial charge in [-0.15, -0.1) is 0 Å². The monoisotopic (exact) mass is 356 g/mol. The molecule has 1 aliphatic carbocycles. The second-order valence-corrected chi connectivity index (χ2v) is 8.96. The van der Waals surface area contributed by atoms with E-state index in [0.717, 1.165) is 37.7 Å². The van der Waals surface area contributed by atoms with Gasteiger partial charge in [-0.2, -0.15) is 0 Å². The lowest BCUT2D eigenvalue weighted by molar-refractivity contribution is -0.152. The van der Waals surface area contributed by atoms with Crippen LogP contribution in [0.1, 0.15) is 64.9 Å². The Morgan fingerprint density at radius 3 is 2.54 bits per heavy atom. The molecule has 1 aromatic carbocycles. The van der Waals surface area contributed by atoms with Crippen molar-refractivity contribution in [3.63, 3.8) is 0 Å². The van der Waals surface area contributed by atoms with Crippen LogP contribution in [0, 0.1) is 11.3 Å². The minimum atomic E-state index is -0.713. The molecule has 1 spiro atoms. The normalized spacial score (nSPS) is 29.2. The molecular formula is C22H32N2O2. The van der Waals surface area contributed by atoms with Crippen LogP contribution >= 0.6 is 0 Å². The van der Waals surface area contributed by atoms with Crippen LogP contribution in [0.5, 0.6) is 0 Å². The van der Waals surface area contributed by atoms with Crippen molar-refractivity contribution in [1.82, 2.24) is 10.2 Å². The van der Waals surface area contributed by atoms with E-state index in [9.17, 15) is 9.59 Å².